The molecule has 5 heteroatoms. The van der Waals surface area contributed by atoms with Crippen molar-refractivity contribution in [1.29, 1.82) is 0 Å². The Balaban J connectivity index is 2.77. The quantitative estimate of drug-likeness (QED) is 0.780. The Kier molecular flexibility index (Phi) is 4.25. The van der Waals surface area contributed by atoms with Crippen molar-refractivity contribution in [3.05, 3.63) is 23.5 Å². The number of aromatic nitrogens is 1. The van der Waals surface area contributed by atoms with Gasteiger partial charge in [0.25, 0.3) is 0 Å². The van der Waals surface area contributed by atoms with E-state index >= 15 is 0 Å². The number of carboxylic acid groups (broad SMARTS) is 1. The topological polar surface area (TPSA) is 73.7 Å². The van der Waals surface area contributed by atoms with Gasteiger partial charge in [-0.05, 0) is 25.6 Å². The second-order valence-corrected chi connectivity index (χ2v) is 3.62. The third-order valence-electron chi connectivity index (χ3n) is 2.27. The molecule has 0 aromatic carbocycles. The molecule has 1 rings (SSSR count). The third kappa shape index (κ3) is 3.51. The third-order valence-corrected chi connectivity index (χ3v) is 2.27. The minimum Gasteiger partial charge on any atom is -0.506 e. The van der Waals surface area contributed by atoms with Gasteiger partial charge in [-0.2, -0.15) is 0 Å². The maximum Gasteiger partial charge on any atom is 0.317 e. The summed E-state index contributed by atoms with van der Waals surface area (Å²) in [5.41, 5.74) is 1.32. The predicted octanol–water partition coefficient (Wildman–Crippen LogP) is 1.00. The van der Waals surface area contributed by atoms with Crippen LogP contribution >= 0.6 is 0 Å². The standard InChI is InChI=1S/C11H16N2O3/c1-3-13(7-11(15)16)6-9-10(14)5-4-8(2)12-9/h4-5,14H,3,6-7H2,1-2H3,(H,15,16). The molecule has 0 atom stereocenters. The number of aryl methyl sites for hydroxylation is 1. The Hall–Kier alpha value is -1.62. The van der Waals surface area contributed by atoms with E-state index in [9.17, 15) is 9.90 Å². The Morgan fingerprint density at radius 1 is 1.50 bits per heavy atom. The van der Waals surface area contributed by atoms with Crippen LogP contribution in [-0.2, 0) is 11.3 Å². The van der Waals surface area contributed by atoms with Crippen molar-refractivity contribution in [2.75, 3.05) is 13.1 Å². The highest BCUT2D eigenvalue weighted by Crippen LogP contribution is 2.16. The Morgan fingerprint density at radius 2 is 2.19 bits per heavy atom. The number of aromatic hydroxyl groups is 1. The molecule has 16 heavy (non-hydrogen) atoms. The molecular weight excluding hydrogens is 208 g/mol. The number of pyridine rings is 1. The second-order valence-electron chi connectivity index (χ2n) is 3.62. The van der Waals surface area contributed by atoms with Gasteiger partial charge in [-0.25, -0.2) is 0 Å². The van der Waals surface area contributed by atoms with E-state index in [1.54, 1.807) is 17.0 Å². The van der Waals surface area contributed by atoms with Crippen LogP contribution in [0.5, 0.6) is 5.75 Å². The van der Waals surface area contributed by atoms with Crippen molar-refractivity contribution < 1.29 is 15.0 Å². The summed E-state index contributed by atoms with van der Waals surface area (Å²) in [6, 6.07) is 3.29. The summed E-state index contributed by atoms with van der Waals surface area (Å²) < 4.78 is 0. The van der Waals surface area contributed by atoms with Crippen LogP contribution in [0.15, 0.2) is 12.1 Å². The summed E-state index contributed by atoms with van der Waals surface area (Å²) in [4.78, 5) is 16.5. The predicted molar refractivity (Wildman–Crippen MR) is 59.2 cm³/mol. The lowest BCUT2D eigenvalue weighted by atomic mass is 10.2. The first-order valence-corrected chi connectivity index (χ1v) is 5.12. The van der Waals surface area contributed by atoms with E-state index in [4.69, 9.17) is 5.11 Å². The Labute approximate surface area is 94.4 Å². The molecule has 2 N–H and O–H groups in total. The minimum absolute atomic E-state index is 0.0500. The van der Waals surface area contributed by atoms with Crippen molar-refractivity contribution in [1.82, 2.24) is 9.88 Å². The molecule has 0 fully saturated rings. The molecule has 5 nitrogen and oxygen atoms in total. The molecule has 0 saturated carbocycles. The lowest BCUT2D eigenvalue weighted by molar-refractivity contribution is -0.138. The molecule has 1 heterocycles. The van der Waals surface area contributed by atoms with Gasteiger partial charge in [-0.1, -0.05) is 6.92 Å². The van der Waals surface area contributed by atoms with Crippen molar-refractivity contribution in [2.45, 2.75) is 20.4 Å². The smallest absolute Gasteiger partial charge is 0.317 e. The Bertz CT molecular complexity index is 379. The van der Waals surface area contributed by atoms with Gasteiger partial charge in [-0.3, -0.25) is 14.7 Å². The van der Waals surface area contributed by atoms with Crippen LogP contribution in [0.1, 0.15) is 18.3 Å². The monoisotopic (exact) mass is 224 g/mol. The zero-order chi connectivity index (χ0) is 12.1. The fourth-order valence-corrected chi connectivity index (χ4v) is 1.40. The van der Waals surface area contributed by atoms with E-state index in [2.05, 4.69) is 4.98 Å². The molecule has 0 unspecified atom stereocenters. The summed E-state index contributed by atoms with van der Waals surface area (Å²) >= 11 is 0. The maximum absolute atomic E-state index is 10.6. The largest absolute Gasteiger partial charge is 0.506 e. The highest BCUT2D eigenvalue weighted by Gasteiger charge is 2.11. The maximum atomic E-state index is 10.6. The molecule has 0 radical (unpaired) electrons. The van der Waals surface area contributed by atoms with E-state index in [-0.39, 0.29) is 12.3 Å². The van der Waals surface area contributed by atoms with Crippen molar-refractivity contribution in [3.8, 4) is 5.75 Å². The van der Waals surface area contributed by atoms with Gasteiger partial charge in [0.05, 0.1) is 12.2 Å². The average molecular weight is 224 g/mol. The van der Waals surface area contributed by atoms with Crippen LogP contribution in [0.4, 0.5) is 0 Å². The van der Waals surface area contributed by atoms with Crippen LogP contribution in [0, 0.1) is 6.92 Å². The minimum atomic E-state index is -0.881. The molecule has 0 aliphatic heterocycles. The van der Waals surface area contributed by atoms with E-state index in [0.29, 0.717) is 18.8 Å². The van der Waals surface area contributed by atoms with E-state index < -0.39 is 5.97 Å². The lowest BCUT2D eigenvalue weighted by Crippen LogP contribution is -2.29. The van der Waals surface area contributed by atoms with Crippen LogP contribution in [0.2, 0.25) is 0 Å². The first-order chi connectivity index (χ1) is 7.52. The normalized spacial score (nSPS) is 10.7. The second kappa shape index (κ2) is 5.46. The van der Waals surface area contributed by atoms with Gasteiger partial charge in [0.15, 0.2) is 0 Å². The van der Waals surface area contributed by atoms with Crippen LogP contribution in [0.25, 0.3) is 0 Å². The number of likely N-dealkylation sites (N-methyl/N-ethyl adjacent to an activating group) is 1. The van der Waals surface area contributed by atoms with Crippen LogP contribution < -0.4 is 0 Å². The zero-order valence-corrected chi connectivity index (χ0v) is 9.47. The molecule has 88 valence electrons. The first-order valence-electron chi connectivity index (χ1n) is 5.12. The fraction of sp³-hybridized carbons (Fsp3) is 0.455. The van der Waals surface area contributed by atoms with Crippen LogP contribution in [-0.4, -0.2) is 39.2 Å². The number of nitrogens with zero attached hydrogens (tertiary/aromatic N) is 2. The van der Waals surface area contributed by atoms with Gasteiger partial charge in [0.1, 0.15) is 5.75 Å². The molecule has 1 aromatic heterocycles. The highest BCUT2D eigenvalue weighted by molar-refractivity contribution is 5.69. The highest BCUT2D eigenvalue weighted by atomic mass is 16.4. The summed E-state index contributed by atoms with van der Waals surface area (Å²) in [5.74, 6) is -0.775. The molecular formula is C11H16N2O3. The van der Waals surface area contributed by atoms with Gasteiger partial charge >= 0.3 is 5.97 Å². The lowest BCUT2D eigenvalue weighted by Gasteiger charge is -2.18. The number of hydrogen-bond donors (Lipinski definition) is 2. The van der Waals surface area contributed by atoms with Crippen molar-refractivity contribution in [3.63, 3.8) is 0 Å². The van der Waals surface area contributed by atoms with E-state index in [1.807, 2.05) is 13.8 Å². The number of carboxylic acids is 1. The van der Waals surface area contributed by atoms with E-state index in [1.165, 1.54) is 0 Å². The molecule has 0 aliphatic rings. The molecule has 0 spiro atoms. The summed E-state index contributed by atoms with van der Waals surface area (Å²) in [5, 5.41) is 18.3. The van der Waals surface area contributed by atoms with Crippen LogP contribution in [0.3, 0.4) is 0 Å². The van der Waals surface area contributed by atoms with Crippen molar-refractivity contribution in [2.24, 2.45) is 0 Å². The molecule has 0 amide bonds. The molecule has 0 aliphatic carbocycles. The summed E-state index contributed by atoms with van der Waals surface area (Å²) in [6.07, 6.45) is 0. The molecule has 1 aromatic rings. The van der Waals surface area contributed by atoms with Gasteiger partial charge in [-0.15, -0.1) is 0 Å². The number of hydrogen-bond acceptors (Lipinski definition) is 4. The molecule has 0 bridgehead atoms. The average Bonchev–Trinajstić information content (AvgIpc) is 2.21. The summed E-state index contributed by atoms with van der Waals surface area (Å²) in [6.45, 7) is 4.59. The molecule has 0 saturated heterocycles. The van der Waals surface area contributed by atoms with Gasteiger partial charge < -0.3 is 10.2 Å². The first kappa shape index (κ1) is 12.4. The van der Waals surface area contributed by atoms with Gasteiger partial charge in [0, 0.05) is 12.2 Å². The Morgan fingerprint density at radius 3 is 2.75 bits per heavy atom. The number of rotatable bonds is 5. The number of aliphatic carboxylic acids is 1. The number of carbonyl (C=O) groups is 1. The zero-order valence-electron chi connectivity index (χ0n) is 9.47. The van der Waals surface area contributed by atoms with Gasteiger partial charge in [0.2, 0.25) is 0 Å². The van der Waals surface area contributed by atoms with Crippen molar-refractivity contribution >= 4 is 5.97 Å². The SMILES string of the molecule is CCN(CC(=O)O)Cc1nc(C)ccc1O. The van der Waals surface area contributed by atoms with E-state index in [0.717, 1.165) is 5.69 Å². The summed E-state index contributed by atoms with van der Waals surface area (Å²) in [7, 11) is 0. The fourth-order valence-electron chi connectivity index (χ4n) is 1.40.